The van der Waals surface area contributed by atoms with Crippen molar-refractivity contribution in [3.63, 3.8) is 0 Å². The SMILES string of the molecule is C/C=C\c1ccccc1N1CCN(CCCCOc2ccc3ccc(=O)[nH]c3c2)CC1. The second-order valence-electron chi connectivity index (χ2n) is 8.01. The lowest BCUT2D eigenvalue weighted by Gasteiger charge is -2.36. The zero-order valence-corrected chi connectivity index (χ0v) is 18.2. The fraction of sp³-hybridized carbons (Fsp3) is 0.346. The fourth-order valence-electron chi connectivity index (χ4n) is 4.15. The molecule has 0 atom stereocenters. The summed E-state index contributed by atoms with van der Waals surface area (Å²) < 4.78 is 5.90. The summed E-state index contributed by atoms with van der Waals surface area (Å²) in [7, 11) is 0. The molecule has 4 rings (SSSR count). The number of aromatic amines is 1. The molecule has 0 spiro atoms. The van der Waals surface area contributed by atoms with E-state index >= 15 is 0 Å². The van der Waals surface area contributed by atoms with Gasteiger partial charge in [-0.2, -0.15) is 0 Å². The van der Waals surface area contributed by atoms with Crippen molar-refractivity contribution in [2.24, 2.45) is 0 Å². The number of benzene rings is 2. The number of fused-ring (bicyclic) bond motifs is 1. The minimum atomic E-state index is -0.0879. The van der Waals surface area contributed by atoms with Gasteiger partial charge in [0.25, 0.3) is 0 Å². The molecule has 0 bridgehead atoms. The molecule has 3 aromatic rings. The summed E-state index contributed by atoms with van der Waals surface area (Å²) in [6.45, 7) is 8.21. The molecule has 162 valence electrons. The summed E-state index contributed by atoms with van der Waals surface area (Å²) in [4.78, 5) is 19.4. The van der Waals surface area contributed by atoms with E-state index < -0.39 is 0 Å². The van der Waals surface area contributed by atoms with Crippen LogP contribution in [0.25, 0.3) is 17.0 Å². The number of hydrogen-bond donors (Lipinski definition) is 1. The van der Waals surface area contributed by atoms with Crippen molar-refractivity contribution in [2.75, 3.05) is 44.2 Å². The quantitative estimate of drug-likeness (QED) is 0.547. The van der Waals surface area contributed by atoms with E-state index in [1.54, 1.807) is 6.07 Å². The predicted octanol–water partition coefficient (Wildman–Crippen LogP) is 4.54. The van der Waals surface area contributed by atoms with Crippen LogP contribution in [0.2, 0.25) is 0 Å². The molecule has 1 N–H and O–H groups in total. The van der Waals surface area contributed by atoms with E-state index in [1.165, 1.54) is 11.3 Å². The highest BCUT2D eigenvalue weighted by atomic mass is 16.5. The second-order valence-corrected chi connectivity index (χ2v) is 8.01. The number of hydrogen-bond acceptors (Lipinski definition) is 4. The average molecular weight is 418 g/mol. The lowest BCUT2D eigenvalue weighted by molar-refractivity contribution is 0.238. The van der Waals surface area contributed by atoms with Gasteiger partial charge in [0.2, 0.25) is 5.56 Å². The Labute approximate surface area is 184 Å². The van der Waals surface area contributed by atoms with E-state index in [1.807, 2.05) is 24.3 Å². The van der Waals surface area contributed by atoms with E-state index in [0.29, 0.717) is 6.61 Å². The molecule has 1 aromatic heterocycles. The van der Waals surface area contributed by atoms with Crippen LogP contribution in [-0.4, -0.2) is 49.2 Å². The number of rotatable bonds is 8. The van der Waals surface area contributed by atoms with Crippen molar-refractivity contribution in [3.05, 3.63) is 76.6 Å². The zero-order chi connectivity index (χ0) is 21.5. The zero-order valence-electron chi connectivity index (χ0n) is 18.2. The van der Waals surface area contributed by atoms with Gasteiger partial charge in [0.1, 0.15) is 5.75 Å². The van der Waals surface area contributed by atoms with Crippen molar-refractivity contribution in [1.29, 1.82) is 0 Å². The number of piperazine rings is 1. The van der Waals surface area contributed by atoms with Crippen molar-refractivity contribution >= 4 is 22.7 Å². The van der Waals surface area contributed by atoms with Crippen molar-refractivity contribution < 1.29 is 4.74 Å². The van der Waals surface area contributed by atoms with Crippen LogP contribution in [0.3, 0.4) is 0 Å². The molecule has 1 aliphatic heterocycles. The van der Waals surface area contributed by atoms with E-state index in [4.69, 9.17) is 4.74 Å². The van der Waals surface area contributed by atoms with Gasteiger partial charge in [-0.3, -0.25) is 9.69 Å². The Hall–Kier alpha value is -3.05. The minimum absolute atomic E-state index is 0.0879. The minimum Gasteiger partial charge on any atom is -0.494 e. The first-order valence-electron chi connectivity index (χ1n) is 11.2. The molecule has 0 aliphatic carbocycles. The summed E-state index contributed by atoms with van der Waals surface area (Å²) in [5.74, 6) is 0.808. The Kier molecular flexibility index (Phi) is 7.05. The molecular formula is C26H31N3O2. The number of allylic oxidation sites excluding steroid dienone is 1. The van der Waals surface area contributed by atoms with Crippen molar-refractivity contribution in [3.8, 4) is 5.75 Å². The molecule has 5 heteroatoms. The molecule has 1 saturated heterocycles. The van der Waals surface area contributed by atoms with Crippen molar-refractivity contribution in [1.82, 2.24) is 9.88 Å². The largest absolute Gasteiger partial charge is 0.494 e. The number of nitrogens with zero attached hydrogens (tertiary/aromatic N) is 2. The Bertz CT molecular complexity index is 1080. The number of nitrogens with one attached hydrogen (secondary N) is 1. The van der Waals surface area contributed by atoms with Gasteiger partial charge in [0, 0.05) is 44.0 Å². The van der Waals surface area contributed by atoms with Crippen LogP contribution in [0.1, 0.15) is 25.3 Å². The number of aromatic nitrogens is 1. The monoisotopic (exact) mass is 417 g/mol. The van der Waals surface area contributed by atoms with Crippen LogP contribution in [0.4, 0.5) is 5.69 Å². The molecule has 2 heterocycles. The number of para-hydroxylation sites is 1. The highest BCUT2D eigenvalue weighted by molar-refractivity contribution is 5.79. The lowest BCUT2D eigenvalue weighted by Crippen LogP contribution is -2.46. The molecule has 0 radical (unpaired) electrons. The van der Waals surface area contributed by atoms with E-state index in [2.05, 4.69) is 58.1 Å². The third-order valence-corrected chi connectivity index (χ3v) is 5.83. The van der Waals surface area contributed by atoms with E-state index in [9.17, 15) is 4.79 Å². The predicted molar refractivity (Wildman–Crippen MR) is 129 cm³/mol. The topological polar surface area (TPSA) is 48.6 Å². The van der Waals surface area contributed by atoms with Gasteiger partial charge < -0.3 is 14.6 Å². The number of anilines is 1. The molecule has 2 aromatic carbocycles. The Morgan fingerprint density at radius 3 is 2.65 bits per heavy atom. The van der Waals surface area contributed by atoms with E-state index in [0.717, 1.165) is 62.2 Å². The second kappa shape index (κ2) is 10.3. The Balaban J connectivity index is 1.18. The van der Waals surface area contributed by atoms with Crippen LogP contribution in [-0.2, 0) is 0 Å². The first kappa shape index (κ1) is 21.2. The third kappa shape index (κ3) is 5.56. The third-order valence-electron chi connectivity index (χ3n) is 5.83. The molecular weight excluding hydrogens is 386 g/mol. The normalized spacial score (nSPS) is 15.1. The maximum Gasteiger partial charge on any atom is 0.248 e. The van der Waals surface area contributed by atoms with Crippen LogP contribution in [0.5, 0.6) is 5.75 Å². The molecule has 1 aliphatic rings. The van der Waals surface area contributed by atoms with E-state index in [-0.39, 0.29) is 5.56 Å². The molecule has 31 heavy (non-hydrogen) atoms. The molecule has 0 amide bonds. The molecule has 5 nitrogen and oxygen atoms in total. The number of unbranched alkanes of at least 4 members (excludes halogenated alkanes) is 1. The Morgan fingerprint density at radius 1 is 1.00 bits per heavy atom. The van der Waals surface area contributed by atoms with Gasteiger partial charge in [-0.05, 0) is 61.5 Å². The van der Waals surface area contributed by atoms with Gasteiger partial charge in [0.05, 0.1) is 12.1 Å². The highest BCUT2D eigenvalue weighted by Crippen LogP contribution is 2.23. The van der Waals surface area contributed by atoms with Crippen molar-refractivity contribution in [2.45, 2.75) is 19.8 Å². The summed E-state index contributed by atoms with van der Waals surface area (Å²) in [6.07, 6.45) is 6.44. The van der Waals surface area contributed by atoms with Gasteiger partial charge in [-0.25, -0.2) is 0 Å². The average Bonchev–Trinajstić information content (AvgIpc) is 2.80. The smallest absolute Gasteiger partial charge is 0.248 e. The summed E-state index contributed by atoms with van der Waals surface area (Å²) >= 11 is 0. The number of ether oxygens (including phenoxy) is 1. The van der Waals surface area contributed by atoms with Crippen LogP contribution < -0.4 is 15.2 Å². The first-order valence-corrected chi connectivity index (χ1v) is 11.2. The standard InChI is InChI=1S/C26H31N3O2/c1-2-7-22-8-3-4-9-25(22)29-17-15-28(16-18-29)14-5-6-19-31-23-12-10-21-11-13-26(30)27-24(21)20-23/h2-4,7-13,20H,5-6,14-19H2,1H3,(H,27,30)/b7-2-. The molecule has 0 saturated carbocycles. The van der Waals surface area contributed by atoms with Crippen LogP contribution in [0, 0.1) is 0 Å². The van der Waals surface area contributed by atoms with Crippen LogP contribution in [0.15, 0.2) is 65.5 Å². The summed E-state index contributed by atoms with van der Waals surface area (Å²) in [6, 6.07) is 17.9. The van der Waals surface area contributed by atoms with Gasteiger partial charge in [-0.1, -0.05) is 30.4 Å². The maximum absolute atomic E-state index is 11.5. The Morgan fingerprint density at radius 2 is 1.81 bits per heavy atom. The van der Waals surface area contributed by atoms with Crippen LogP contribution >= 0.6 is 0 Å². The van der Waals surface area contributed by atoms with Gasteiger partial charge in [-0.15, -0.1) is 0 Å². The highest BCUT2D eigenvalue weighted by Gasteiger charge is 2.18. The molecule has 1 fully saturated rings. The summed E-state index contributed by atoms with van der Waals surface area (Å²) in [5, 5.41) is 1.01. The van der Waals surface area contributed by atoms with Gasteiger partial charge in [0.15, 0.2) is 0 Å². The lowest BCUT2D eigenvalue weighted by atomic mass is 10.1. The number of pyridine rings is 1. The van der Waals surface area contributed by atoms with Gasteiger partial charge >= 0.3 is 0 Å². The fourth-order valence-corrected chi connectivity index (χ4v) is 4.15. The first-order chi connectivity index (χ1) is 15.2. The molecule has 0 unspecified atom stereocenters. The number of H-pyrrole nitrogens is 1. The maximum atomic E-state index is 11.5. The summed E-state index contributed by atoms with van der Waals surface area (Å²) in [5.41, 5.74) is 3.37.